The minimum atomic E-state index is -0.613. The Morgan fingerprint density at radius 2 is 2.29 bits per heavy atom. The molecule has 1 aromatic rings. The van der Waals surface area contributed by atoms with E-state index in [1.165, 1.54) is 4.90 Å². The fraction of sp³-hybridized carbons (Fsp3) is 0.455. The van der Waals surface area contributed by atoms with Gasteiger partial charge in [-0.25, -0.2) is 9.37 Å². The number of aliphatic hydroxyl groups is 1. The average molecular weight is 261 g/mol. The van der Waals surface area contributed by atoms with E-state index in [-0.39, 0.29) is 23.9 Å². The quantitative estimate of drug-likeness (QED) is 0.820. The van der Waals surface area contributed by atoms with Crippen molar-refractivity contribution < 1.29 is 14.3 Å². The van der Waals surface area contributed by atoms with Crippen molar-refractivity contribution in [2.45, 2.75) is 13.3 Å². The molecule has 1 rings (SSSR count). The first-order valence-corrected chi connectivity index (χ1v) is 5.69. The van der Waals surface area contributed by atoms with Gasteiger partial charge in [0.25, 0.3) is 5.91 Å². The summed E-state index contributed by atoms with van der Waals surface area (Å²) < 4.78 is 13.0. The molecule has 17 heavy (non-hydrogen) atoms. The lowest BCUT2D eigenvalue weighted by molar-refractivity contribution is 0.0721. The largest absolute Gasteiger partial charge is 0.395 e. The van der Waals surface area contributed by atoms with E-state index in [1.807, 2.05) is 6.92 Å². The molecule has 6 heteroatoms. The molecule has 1 N–H and O–H groups in total. The summed E-state index contributed by atoms with van der Waals surface area (Å²) in [5.41, 5.74) is 0.0218. The van der Waals surface area contributed by atoms with Crippen LogP contribution < -0.4 is 0 Å². The summed E-state index contributed by atoms with van der Waals surface area (Å²) in [5, 5.41) is 8.83. The van der Waals surface area contributed by atoms with Gasteiger partial charge in [0, 0.05) is 13.1 Å². The monoisotopic (exact) mass is 260 g/mol. The van der Waals surface area contributed by atoms with Crippen LogP contribution in [-0.4, -0.2) is 40.6 Å². The molecule has 0 bridgehead atoms. The lowest BCUT2D eigenvalue weighted by Crippen LogP contribution is -2.34. The molecule has 1 aromatic heterocycles. The van der Waals surface area contributed by atoms with E-state index in [1.54, 1.807) is 0 Å². The number of aliphatic hydroxyl groups excluding tert-OH is 1. The first kappa shape index (κ1) is 13.9. The van der Waals surface area contributed by atoms with Crippen molar-refractivity contribution in [3.05, 3.63) is 28.8 Å². The van der Waals surface area contributed by atoms with E-state index < -0.39 is 11.7 Å². The van der Waals surface area contributed by atoms with Gasteiger partial charge in [-0.15, -0.1) is 0 Å². The van der Waals surface area contributed by atoms with Crippen LogP contribution in [0.3, 0.4) is 0 Å². The van der Waals surface area contributed by atoms with Gasteiger partial charge in [0.15, 0.2) is 0 Å². The second-order valence-corrected chi connectivity index (χ2v) is 3.87. The van der Waals surface area contributed by atoms with Gasteiger partial charge in [-0.3, -0.25) is 4.79 Å². The van der Waals surface area contributed by atoms with Crippen LogP contribution in [-0.2, 0) is 0 Å². The Labute approximate surface area is 104 Å². The number of hydrogen-bond donors (Lipinski definition) is 1. The van der Waals surface area contributed by atoms with Crippen LogP contribution in [0.4, 0.5) is 4.39 Å². The molecular formula is C11H14ClFN2O2. The normalized spacial score (nSPS) is 10.4. The molecule has 0 aliphatic rings. The maximum Gasteiger partial charge on any atom is 0.257 e. The molecule has 0 aromatic carbocycles. The van der Waals surface area contributed by atoms with Crippen LogP contribution in [0.15, 0.2) is 12.3 Å². The number of pyridine rings is 1. The molecule has 0 saturated heterocycles. The Morgan fingerprint density at radius 1 is 1.59 bits per heavy atom. The lowest BCUT2D eigenvalue weighted by atomic mass is 10.2. The van der Waals surface area contributed by atoms with E-state index in [0.717, 1.165) is 18.7 Å². The molecule has 0 spiro atoms. The summed E-state index contributed by atoms with van der Waals surface area (Å²) in [7, 11) is 0. The zero-order valence-electron chi connectivity index (χ0n) is 9.49. The van der Waals surface area contributed by atoms with E-state index in [0.29, 0.717) is 6.54 Å². The van der Waals surface area contributed by atoms with Gasteiger partial charge in [0.1, 0.15) is 11.0 Å². The SMILES string of the molecule is CCCN(CCO)C(=O)c1cc(F)cnc1Cl. The summed E-state index contributed by atoms with van der Waals surface area (Å²) in [6.07, 6.45) is 1.70. The zero-order chi connectivity index (χ0) is 12.8. The molecule has 1 heterocycles. The van der Waals surface area contributed by atoms with Crippen molar-refractivity contribution in [3.63, 3.8) is 0 Å². The van der Waals surface area contributed by atoms with Crippen molar-refractivity contribution >= 4 is 17.5 Å². The van der Waals surface area contributed by atoms with Crippen molar-refractivity contribution in [2.24, 2.45) is 0 Å². The Hall–Kier alpha value is -1.20. The molecule has 0 saturated carbocycles. The predicted molar refractivity (Wildman–Crippen MR) is 62.5 cm³/mol. The van der Waals surface area contributed by atoms with E-state index in [2.05, 4.69) is 4.98 Å². The van der Waals surface area contributed by atoms with Gasteiger partial charge in [0.2, 0.25) is 0 Å². The zero-order valence-corrected chi connectivity index (χ0v) is 10.2. The summed E-state index contributed by atoms with van der Waals surface area (Å²) in [6, 6.07) is 1.05. The van der Waals surface area contributed by atoms with Gasteiger partial charge >= 0.3 is 0 Å². The highest BCUT2D eigenvalue weighted by Gasteiger charge is 2.18. The molecule has 4 nitrogen and oxygen atoms in total. The molecule has 0 unspecified atom stereocenters. The Kier molecular flexibility index (Phi) is 5.31. The smallest absolute Gasteiger partial charge is 0.257 e. The third-order valence-corrected chi connectivity index (χ3v) is 2.49. The van der Waals surface area contributed by atoms with E-state index >= 15 is 0 Å². The third-order valence-electron chi connectivity index (χ3n) is 2.19. The van der Waals surface area contributed by atoms with Crippen LogP contribution in [0.25, 0.3) is 0 Å². The van der Waals surface area contributed by atoms with Crippen molar-refractivity contribution in [1.82, 2.24) is 9.88 Å². The predicted octanol–water partition coefficient (Wildman–Crippen LogP) is 1.72. The second kappa shape index (κ2) is 6.51. The number of halogens is 2. The standard InChI is InChI=1S/C11H14ClFN2O2/c1-2-3-15(4-5-16)11(17)9-6-8(13)7-14-10(9)12/h6-7,16H,2-5H2,1H3. The number of nitrogens with zero attached hydrogens (tertiary/aromatic N) is 2. The summed E-state index contributed by atoms with van der Waals surface area (Å²) >= 11 is 5.75. The molecule has 1 amide bonds. The number of carbonyl (C=O) groups excluding carboxylic acids is 1. The number of carbonyl (C=O) groups is 1. The highest BCUT2D eigenvalue weighted by atomic mass is 35.5. The molecule has 0 aliphatic heterocycles. The highest BCUT2D eigenvalue weighted by molar-refractivity contribution is 6.32. The van der Waals surface area contributed by atoms with Crippen molar-refractivity contribution in [3.8, 4) is 0 Å². The molecule has 0 aliphatic carbocycles. The average Bonchev–Trinajstić information content (AvgIpc) is 2.31. The van der Waals surface area contributed by atoms with Crippen LogP contribution in [0.5, 0.6) is 0 Å². The fourth-order valence-electron chi connectivity index (χ4n) is 1.45. The van der Waals surface area contributed by atoms with Crippen LogP contribution in [0.2, 0.25) is 5.15 Å². The lowest BCUT2D eigenvalue weighted by Gasteiger charge is -2.21. The number of hydrogen-bond acceptors (Lipinski definition) is 3. The number of amides is 1. The Bertz CT molecular complexity index is 395. The summed E-state index contributed by atoms with van der Waals surface area (Å²) in [5.74, 6) is -1.03. The first-order chi connectivity index (χ1) is 8.10. The highest BCUT2D eigenvalue weighted by Crippen LogP contribution is 2.16. The summed E-state index contributed by atoms with van der Waals surface area (Å²) in [6.45, 7) is 2.43. The molecular weight excluding hydrogens is 247 g/mol. The molecule has 94 valence electrons. The van der Waals surface area contributed by atoms with Gasteiger partial charge in [-0.2, -0.15) is 0 Å². The molecule has 0 radical (unpaired) electrons. The maximum atomic E-state index is 13.0. The topological polar surface area (TPSA) is 53.4 Å². The summed E-state index contributed by atoms with van der Waals surface area (Å²) in [4.78, 5) is 17.0. The second-order valence-electron chi connectivity index (χ2n) is 3.51. The number of aromatic nitrogens is 1. The van der Waals surface area contributed by atoms with Gasteiger partial charge < -0.3 is 10.0 Å². The molecule has 0 atom stereocenters. The maximum absolute atomic E-state index is 13.0. The fourth-order valence-corrected chi connectivity index (χ4v) is 1.63. The van der Waals surface area contributed by atoms with E-state index in [4.69, 9.17) is 16.7 Å². The van der Waals surface area contributed by atoms with Gasteiger partial charge in [-0.05, 0) is 12.5 Å². The van der Waals surface area contributed by atoms with Crippen LogP contribution >= 0.6 is 11.6 Å². The molecule has 0 fully saturated rings. The Balaban J connectivity index is 2.95. The Morgan fingerprint density at radius 3 is 2.88 bits per heavy atom. The first-order valence-electron chi connectivity index (χ1n) is 5.31. The van der Waals surface area contributed by atoms with Crippen molar-refractivity contribution in [2.75, 3.05) is 19.7 Å². The van der Waals surface area contributed by atoms with Gasteiger partial charge in [-0.1, -0.05) is 18.5 Å². The van der Waals surface area contributed by atoms with E-state index in [9.17, 15) is 9.18 Å². The minimum Gasteiger partial charge on any atom is -0.395 e. The third kappa shape index (κ3) is 3.64. The number of rotatable bonds is 5. The van der Waals surface area contributed by atoms with Crippen LogP contribution in [0.1, 0.15) is 23.7 Å². The van der Waals surface area contributed by atoms with Gasteiger partial charge in [0.05, 0.1) is 18.4 Å². The minimum absolute atomic E-state index is 0.0218. The van der Waals surface area contributed by atoms with Crippen molar-refractivity contribution in [1.29, 1.82) is 0 Å². The van der Waals surface area contributed by atoms with Crippen LogP contribution in [0, 0.1) is 5.82 Å².